The van der Waals surface area contributed by atoms with E-state index in [1.807, 2.05) is 32.9 Å². The Kier molecular flexibility index (Phi) is 6.96. The first kappa shape index (κ1) is 23.6. The number of carbonyl (C=O) groups excluding carboxylic acids is 1. The number of benzene rings is 1. The molecule has 0 unspecified atom stereocenters. The number of rotatable bonds is 7. The molecule has 1 aromatic carbocycles. The van der Waals surface area contributed by atoms with Gasteiger partial charge in [0.05, 0.1) is 5.92 Å². The first-order valence-electron chi connectivity index (χ1n) is 11.0. The number of hydrogen-bond acceptors (Lipinski definition) is 7. The third-order valence-electron chi connectivity index (χ3n) is 5.91. The largest absolute Gasteiger partial charge is 0.352 e. The highest BCUT2D eigenvalue weighted by Crippen LogP contribution is 2.31. The second-order valence-corrected chi connectivity index (χ2v) is 11.4. The third kappa shape index (κ3) is 5.18. The van der Waals surface area contributed by atoms with Gasteiger partial charge in [0, 0.05) is 37.0 Å². The summed E-state index contributed by atoms with van der Waals surface area (Å²) in [6.45, 7) is 6.96. The average molecular weight is 489 g/mol. The van der Waals surface area contributed by atoms with Crippen molar-refractivity contribution in [2.24, 2.45) is 5.92 Å². The fourth-order valence-electron chi connectivity index (χ4n) is 3.90. The molecule has 0 radical (unpaired) electrons. The zero-order chi connectivity index (χ0) is 23.6. The number of nitrogens with zero attached hydrogens (tertiary/aromatic N) is 3. The smallest absolute Gasteiger partial charge is 0.252 e. The minimum Gasteiger partial charge on any atom is -0.352 e. The fraction of sp³-hybridized carbons (Fsp3) is 0.435. The van der Waals surface area contributed by atoms with Crippen LogP contribution in [0.5, 0.6) is 0 Å². The molecule has 176 valence electrons. The molecule has 1 fully saturated rings. The van der Waals surface area contributed by atoms with E-state index in [9.17, 15) is 13.2 Å². The van der Waals surface area contributed by atoms with Crippen LogP contribution in [0.15, 0.2) is 38.4 Å². The Hall–Kier alpha value is -2.56. The molecule has 0 spiro atoms. The summed E-state index contributed by atoms with van der Waals surface area (Å²) >= 11 is 1.13. The van der Waals surface area contributed by atoms with Gasteiger partial charge in [0.25, 0.3) is 10.0 Å². The molecule has 33 heavy (non-hydrogen) atoms. The van der Waals surface area contributed by atoms with Crippen LogP contribution in [-0.2, 0) is 27.8 Å². The Labute approximate surface area is 198 Å². The maximum Gasteiger partial charge on any atom is 0.252 e. The number of piperidine rings is 1. The van der Waals surface area contributed by atoms with Crippen molar-refractivity contribution >= 4 is 27.3 Å². The molecule has 3 aromatic rings. The Balaban J connectivity index is 1.43. The highest BCUT2D eigenvalue weighted by molar-refractivity contribution is 7.91. The average Bonchev–Trinajstić information content (AvgIpc) is 3.49. The van der Waals surface area contributed by atoms with E-state index in [1.165, 1.54) is 4.31 Å². The van der Waals surface area contributed by atoms with E-state index in [0.29, 0.717) is 49.6 Å². The minimum absolute atomic E-state index is 0.110. The van der Waals surface area contributed by atoms with Gasteiger partial charge in [-0.3, -0.25) is 4.79 Å². The number of hydrogen-bond donors (Lipinski definition) is 1. The topological polar surface area (TPSA) is 105 Å². The molecular formula is C23H28N4O4S2. The van der Waals surface area contributed by atoms with Crippen LogP contribution < -0.4 is 5.32 Å². The quantitative estimate of drug-likeness (QED) is 0.544. The highest BCUT2D eigenvalue weighted by Gasteiger charge is 2.34. The lowest BCUT2D eigenvalue weighted by molar-refractivity contribution is -0.126. The van der Waals surface area contributed by atoms with Gasteiger partial charge in [-0.05, 0) is 43.9 Å². The molecule has 0 aliphatic carbocycles. The zero-order valence-corrected chi connectivity index (χ0v) is 20.6. The second-order valence-electron chi connectivity index (χ2n) is 8.37. The van der Waals surface area contributed by atoms with E-state index >= 15 is 0 Å². The molecule has 1 atom stereocenters. The van der Waals surface area contributed by atoms with Crippen LogP contribution in [-0.4, -0.2) is 41.9 Å². The summed E-state index contributed by atoms with van der Waals surface area (Å²) in [6.07, 6.45) is 1.93. The lowest BCUT2D eigenvalue weighted by Gasteiger charge is -2.30. The summed E-state index contributed by atoms with van der Waals surface area (Å²) in [5.74, 6) is 0.405. The van der Waals surface area contributed by atoms with Crippen molar-refractivity contribution in [2.45, 2.75) is 50.8 Å². The summed E-state index contributed by atoms with van der Waals surface area (Å²) in [4.78, 5) is 17.1. The maximum absolute atomic E-state index is 13.3. The Morgan fingerprint density at radius 2 is 2.12 bits per heavy atom. The van der Waals surface area contributed by atoms with E-state index < -0.39 is 10.0 Å². The number of sulfonamides is 1. The van der Waals surface area contributed by atoms with Gasteiger partial charge >= 0.3 is 0 Å². The van der Waals surface area contributed by atoms with Gasteiger partial charge in [0.15, 0.2) is 0 Å². The molecule has 1 amide bonds. The van der Waals surface area contributed by atoms with Crippen LogP contribution in [0.1, 0.15) is 42.3 Å². The zero-order valence-electron chi connectivity index (χ0n) is 19.0. The summed E-state index contributed by atoms with van der Waals surface area (Å²) in [6, 6.07) is 7.73. The molecule has 3 heterocycles. The third-order valence-corrected chi connectivity index (χ3v) is 9.19. The van der Waals surface area contributed by atoms with Crippen LogP contribution in [0, 0.1) is 19.8 Å². The molecule has 1 saturated heterocycles. The van der Waals surface area contributed by atoms with Crippen molar-refractivity contribution in [1.82, 2.24) is 19.8 Å². The molecule has 10 heteroatoms. The fourth-order valence-corrected chi connectivity index (χ4v) is 6.74. The molecule has 1 aliphatic heterocycles. The first-order chi connectivity index (χ1) is 15.8. The van der Waals surface area contributed by atoms with Crippen LogP contribution in [0.3, 0.4) is 0 Å². The first-order valence-corrected chi connectivity index (χ1v) is 13.4. The predicted molar refractivity (Wildman–Crippen MR) is 126 cm³/mol. The van der Waals surface area contributed by atoms with E-state index in [-0.39, 0.29) is 22.6 Å². The van der Waals surface area contributed by atoms with Gasteiger partial charge in [0.1, 0.15) is 4.21 Å². The standard InChI is InChI=1S/C23H28N4O4S2/c1-4-20-25-22(26-31-20)19-11-21(32-14-19)33(29,30)27-9-5-6-17(13-27)23(28)24-12-18-10-15(2)7-8-16(18)3/h7-8,10-11,14,17H,4-6,9,12-13H2,1-3H3,(H,24,28)/t17-/m0/s1. The Morgan fingerprint density at radius 3 is 2.88 bits per heavy atom. The molecule has 8 nitrogen and oxygen atoms in total. The van der Waals surface area contributed by atoms with Crippen molar-refractivity contribution in [3.05, 3.63) is 52.2 Å². The molecule has 0 saturated carbocycles. The SMILES string of the molecule is CCc1nc(-c2csc(S(=O)(=O)N3CCC[C@H](C(=O)NCc4cc(C)ccc4C)C3)c2)no1. The van der Waals surface area contributed by atoms with Gasteiger partial charge in [-0.15, -0.1) is 11.3 Å². The van der Waals surface area contributed by atoms with Crippen molar-refractivity contribution < 1.29 is 17.7 Å². The van der Waals surface area contributed by atoms with Gasteiger partial charge in [-0.1, -0.05) is 35.8 Å². The molecule has 1 N–H and O–H groups in total. The number of aromatic nitrogens is 2. The van der Waals surface area contributed by atoms with Gasteiger partial charge in [0.2, 0.25) is 17.6 Å². The Morgan fingerprint density at radius 1 is 1.30 bits per heavy atom. The normalized spacial score (nSPS) is 17.2. The lowest BCUT2D eigenvalue weighted by Crippen LogP contribution is -2.45. The van der Waals surface area contributed by atoms with E-state index in [1.54, 1.807) is 11.4 Å². The number of amides is 1. The highest BCUT2D eigenvalue weighted by atomic mass is 32.2. The number of nitrogens with one attached hydrogen (secondary N) is 1. The monoisotopic (exact) mass is 488 g/mol. The summed E-state index contributed by atoms with van der Waals surface area (Å²) in [5, 5.41) is 8.63. The van der Waals surface area contributed by atoms with Crippen molar-refractivity contribution in [3.8, 4) is 11.4 Å². The van der Waals surface area contributed by atoms with Crippen molar-refractivity contribution in [3.63, 3.8) is 0 Å². The summed E-state index contributed by atoms with van der Waals surface area (Å²) in [7, 11) is -3.71. The van der Waals surface area contributed by atoms with E-state index in [0.717, 1.165) is 28.0 Å². The van der Waals surface area contributed by atoms with E-state index in [2.05, 4.69) is 21.5 Å². The van der Waals surface area contributed by atoms with Gasteiger partial charge in [-0.2, -0.15) is 9.29 Å². The summed E-state index contributed by atoms with van der Waals surface area (Å²) in [5.41, 5.74) is 3.95. The van der Waals surface area contributed by atoms with Crippen molar-refractivity contribution in [1.29, 1.82) is 0 Å². The molecule has 4 rings (SSSR count). The molecular weight excluding hydrogens is 460 g/mol. The van der Waals surface area contributed by atoms with Crippen LogP contribution in [0.4, 0.5) is 0 Å². The van der Waals surface area contributed by atoms with Crippen LogP contribution in [0.2, 0.25) is 0 Å². The molecule has 2 aromatic heterocycles. The van der Waals surface area contributed by atoms with Gasteiger partial charge < -0.3 is 9.84 Å². The number of aryl methyl sites for hydroxylation is 3. The number of carbonyl (C=O) groups is 1. The predicted octanol–water partition coefficient (Wildman–Crippen LogP) is 3.69. The minimum atomic E-state index is -3.71. The van der Waals surface area contributed by atoms with Crippen LogP contribution in [0.25, 0.3) is 11.4 Å². The number of thiophene rings is 1. The van der Waals surface area contributed by atoms with Gasteiger partial charge in [-0.25, -0.2) is 8.42 Å². The molecule has 0 bridgehead atoms. The molecule has 1 aliphatic rings. The van der Waals surface area contributed by atoms with Crippen molar-refractivity contribution in [2.75, 3.05) is 13.1 Å². The van der Waals surface area contributed by atoms with Crippen LogP contribution >= 0.6 is 11.3 Å². The second kappa shape index (κ2) is 9.74. The maximum atomic E-state index is 13.3. The lowest BCUT2D eigenvalue weighted by atomic mass is 9.98. The summed E-state index contributed by atoms with van der Waals surface area (Å²) < 4.78 is 33.3. The Bertz CT molecular complexity index is 1250. The van der Waals surface area contributed by atoms with E-state index in [4.69, 9.17) is 4.52 Å².